The average Bonchev–Trinajstić information content (AvgIpc) is 2.88. The standard InChI is InChI=1S/C13H10N4O2/c18-12-4-2-9(6-14-12)17-13(19)8-1-3-10-11(5-8)16-7-15-10/h1-7H,(H,14,18)(H,15,16)(H,17,19). The van der Waals surface area contributed by atoms with Crippen LogP contribution in [0.15, 0.2) is 47.7 Å². The first-order valence-corrected chi connectivity index (χ1v) is 5.65. The Kier molecular flexibility index (Phi) is 2.60. The van der Waals surface area contributed by atoms with E-state index in [0.717, 1.165) is 11.0 Å². The number of H-pyrrole nitrogens is 2. The third kappa shape index (κ3) is 2.23. The van der Waals surface area contributed by atoms with Crippen LogP contribution in [-0.4, -0.2) is 20.9 Å². The molecule has 1 amide bonds. The van der Waals surface area contributed by atoms with Gasteiger partial charge in [-0.05, 0) is 24.3 Å². The fourth-order valence-electron chi connectivity index (χ4n) is 1.77. The highest BCUT2D eigenvalue weighted by Gasteiger charge is 2.07. The van der Waals surface area contributed by atoms with E-state index in [0.29, 0.717) is 11.3 Å². The van der Waals surface area contributed by atoms with Gasteiger partial charge >= 0.3 is 0 Å². The largest absolute Gasteiger partial charge is 0.345 e. The van der Waals surface area contributed by atoms with E-state index >= 15 is 0 Å². The zero-order valence-corrected chi connectivity index (χ0v) is 9.81. The van der Waals surface area contributed by atoms with E-state index in [2.05, 4.69) is 20.3 Å². The Labute approximate surface area is 107 Å². The first kappa shape index (κ1) is 11.2. The van der Waals surface area contributed by atoms with Crippen molar-refractivity contribution in [3.63, 3.8) is 0 Å². The molecule has 19 heavy (non-hydrogen) atoms. The van der Waals surface area contributed by atoms with Crippen LogP contribution in [-0.2, 0) is 0 Å². The molecule has 0 saturated heterocycles. The van der Waals surface area contributed by atoms with Crippen molar-refractivity contribution in [1.29, 1.82) is 0 Å². The highest BCUT2D eigenvalue weighted by Crippen LogP contribution is 2.13. The van der Waals surface area contributed by atoms with Crippen molar-refractivity contribution in [1.82, 2.24) is 15.0 Å². The van der Waals surface area contributed by atoms with Gasteiger partial charge in [0, 0.05) is 17.8 Å². The van der Waals surface area contributed by atoms with Crippen LogP contribution >= 0.6 is 0 Å². The van der Waals surface area contributed by atoms with Crippen LogP contribution in [0, 0.1) is 0 Å². The second-order valence-electron chi connectivity index (χ2n) is 4.03. The van der Waals surface area contributed by atoms with E-state index in [1.54, 1.807) is 30.6 Å². The first-order chi connectivity index (χ1) is 9.22. The lowest BCUT2D eigenvalue weighted by Crippen LogP contribution is -2.13. The van der Waals surface area contributed by atoms with Gasteiger partial charge in [0.15, 0.2) is 0 Å². The molecule has 3 N–H and O–H groups in total. The smallest absolute Gasteiger partial charge is 0.255 e. The van der Waals surface area contributed by atoms with Gasteiger partial charge in [-0.2, -0.15) is 0 Å². The quantitative estimate of drug-likeness (QED) is 0.647. The van der Waals surface area contributed by atoms with Gasteiger partial charge in [-0.15, -0.1) is 0 Å². The van der Waals surface area contributed by atoms with Gasteiger partial charge in [0.25, 0.3) is 5.91 Å². The Balaban J connectivity index is 1.86. The molecule has 0 saturated carbocycles. The molecule has 0 aliphatic heterocycles. The van der Waals surface area contributed by atoms with E-state index in [9.17, 15) is 9.59 Å². The van der Waals surface area contributed by atoms with Gasteiger partial charge in [0.05, 0.1) is 23.0 Å². The molecule has 2 heterocycles. The molecule has 0 unspecified atom stereocenters. The van der Waals surface area contributed by atoms with E-state index in [4.69, 9.17) is 0 Å². The summed E-state index contributed by atoms with van der Waals surface area (Å²) < 4.78 is 0. The first-order valence-electron chi connectivity index (χ1n) is 5.65. The Bertz CT molecular complexity index is 783. The number of imidazole rings is 1. The summed E-state index contributed by atoms with van der Waals surface area (Å²) in [5.41, 5.74) is 2.45. The maximum atomic E-state index is 12.0. The zero-order chi connectivity index (χ0) is 13.2. The SMILES string of the molecule is O=C(Nc1ccc(=O)[nH]c1)c1ccc2nc[nH]c2c1. The lowest BCUT2D eigenvalue weighted by Gasteiger charge is -2.04. The Hall–Kier alpha value is -2.89. The number of nitrogens with one attached hydrogen (secondary N) is 3. The maximum absolute atomic E-state index is 12.0. The third-order valence-electron chi connectivity index (χ3n) is 2.72. The summed E-state index contributed by atoms with van der Waals surface area (Å²) in [4.78, 5) is 32.5. The average molecular weight is 254 g/mol. The number of aromatic nitrogens is 3. The second-order valence-corrected chi connectivity index (χ2v) is 4.03. The number of nitrogens with zero attached hydrogens (tertiary/aromatic N) is 1. The molecule has 0 radical (unpaired) electrons. The van der Waals surface area contributed by atoms with Gasteiger partial charge in [0.2, 0.25) is 5.56 Å². The van der Waals surface area contributed by atoms with Crippen LogP contribution < -0.4 is 10.9 Å². The molecule has 0 aliphatic rings. The zero-order valence-electron chi connectivity index (χ0n) is 9.81. The van der Waals surface area contributed by atoms with Crippen molar-refractivity contribution in [3.8, 4) is 0 Å². The second kappa shape index (κ2) is 4.41. The third-order valence-corrected chi connectivity index (χ3v) is 2.72. The number of anilines is 1. The minimum atomic E-state index is -0.247. The number of pyridine rings is 1. The molecule has 3 aromatic rings. The number of hydrogen-bond donors (Lipinski definition) is 3. The monoisotopic (exact) mass is 254 g/mol. The number of hydrogen-bond acceptors (Lipinski definition) is 3. The van der Waals surface area contributed by atoms with Crippen molar-refractivity contribution in [3.05, 3.63) is 58.8 Å². The molecule has 0 bridgehead atoms. The highest BCUT2D eigenvalue weighted by atomic mass is 16.1. The van der Waals surface area contributed by atoms with Crippen LogP contribution in [0.1, 0.15) is 10.4 Å². The minimum absolute atomic E-state index is 0.211. The lowest BCUT2D eigenvalue weighted by atomic mass is 10.2. The Morgan fingerprint density at radius 1 is 1.16 bits per heavy atom. The molecular weight excluding hydrogens is 244 g/mol. The van der Waals surface area contributed by atoms with Crippen LogP contribution in [0.4, 0.5) is 5.69 Å². The molecule has 0 aliphatic carbocycles. The number of benzene rings is 1. The summed E-state index contributed by atoms with van der Waals surface area (Å²) in [7, 11) is 0. The summed E-state index contributed by atoms with van der Waals surface area (Å²) in [5.74, 6) is -0.247. The van der Waals surface area contributed by atoms with E-state index < -0.39 is 0 Å². The number of carbonyl (C=O) groups excluding carboxylic acids is 1. The molecule has 6 nitrogen and oxygen atoms in total. The maximum Gasteiger partial charge on any atom is 0.255 e. The summed E-state index contributed by atoms with van der Waals surface area (Å²) in [5, 5.41) is 2.70. The topological polar surface area (TPSA) is 90.6 Å². The Morgan fingerprint density at radius 2 is 2.05 bits per heavy atom. The van der Waals surface area contributed by atoms with Crippen molar-refractivity contribution in [2.45, 2.75) is 0 Å². The van der Waals surface area contributed by atoms with Crippen LogP contribution in [0.5, 0.6) is 0 Å². The predicted octanol–water partition coefficient (Wildman–Crippen LogP) is 1.50. The number of fused-ring (bicyclic) bond motifs is 1. The number of aromatic amines is 2. The molecule has 3 rings (SSSR count). The molecular formula is C13H10N4O2. The number of carbonyl (C=O) groups is 1. The van der Waals surface area contributed by atoms with E-state index in [1.165, 1.54) is 12.3 Å². The summed E-state index contributed by atoms with van der Waals surface area (Å²) in [6.07, 6.45) is 3.03. The number of amides is 1. The summed E-state index contributed by atoms with van der Waals surface area (Å²) >= 11 is 0. The molecule has 94 valence electrons. The minimum Gasteiger partial charge on any atom is -0.345 e. The Morgan fingerprint density at radius 3 is 2.84 bits per heavy atom. The van der Waals surface area contributed by atoms with Gasteiger partial charge in [-0.1, -0.05) is 0 Å². The molecule has 0 spiro atoms. The summed E-state index contributed by atoms with van der Waals surface area (Å²) in [6.45, 7) is 0. The van der Waals surface area contributed by atoms with Crippen LogP contribution in [0.2, 0.25) is 0 Å². The van der Waals surface area contributed by atoms with Crippen molar-refractivity contribution in [2.24, 2.45) is 0 Å². The molecule has 2 aromatic heterocycles. The van der Waals surface area contributed by atoms with E-state index in [1.807, 2.05) is 0 Å². The highest BCUT2D eigenvalue weighted by molar-refractivity contribution is 6.05. The summed E-state index contributed by atoms with van der Waals surface area (Å²) in [6, 6.07) is 8.10. The van der Waals surface area contributed by atoms with Gasteiger partial charge in [0.1, 0.15) is 0 Å². The van der Waals surface area contributed by atoms with Gasteiger partial charge in [-0.25, -0.2) is 4.98 Å². The van der Waals surface area contributed by atoms with E-state index in [-0.39, 0.29) is 11.5 Å². The molecule has 0 atom stereocenters. The van der Waals surface area contributed by atoms with Crippen molar-refractivity contribution in [2.75, 3.05) is 5.32 Å². The molecule has 1 aromatic carbocycles. The van der Waals surface area contributed by atoms with Crippen molar-refractivity contribution >= 4 is 22.6 Å². The fourth-order valence-corrected chi connectivity index (χ4v) is 1.77. The van der Waals surface area contributed by atoms with Crippen LogP contribution in [0.3, 0.4) is 0 Å². The number of rotatable bonds is 2. The fraction of sp³-hybridized carbons (Fsp3) is 0. The van der Waals surface area contributed by atoms with Gasteiger partial charge in [-0.3, -0.25) is 9.59 Å². The van der Waals surface area contributed by atoms with Crippen molar-refractivity contribution < 1.29 is 4.79 Å². The van der Waals surface area contributed by atoms with Crippen LogP contribution in [0.25, 0.3) is 11.0 Å². The lowest BCUT2D eigenvalue weighted by molar-refractivity contribution is 0.102. The van der Waals surface area contributed by atoms with Gasteiger partial charge < -0.3 is 15.3 Å². The molecule has 6 heteroatoms. The molecule has 0 fully saturated rings. The normalized spacial score (nSPS) is 10.5. The predicted molar refractivity (Wildman–Crippen MR) is 71.1 cm³/mol.